The number of hydrogen-bond acceptors (Lipinski definition) is 3. The van der Waals surface area contributed by atoms with Crippen LogP contribution >= 0.6 is 12.4 Å². The van der Waals surface area contributed by atoms with Gasteiger partial charge in [0.1, 0.15) is 0 Å². The number of pyridine rings is 1. The van der Waals surface area contributed by atoms with Gasteiger partial charge < -0.3 is 16.0 Å². The Morgan fingerprint density at radius 1 is 1.13 bits per heavy atom. The fraction of sp³-hybridized carbons (Fsp3) is 0.294. The summed E-state index contributed by atoms with van der Waals surface area (Å²) in [5.41, 5.74) is 8.50. The third-order valence-electron chi connectivity index (χ3n) is 3.56. The van der Waals surface area contributed by atoms with E-state index in [4.69, 9.17) is 5.73 Å². The molecule has 0 saturated carbocycles. The number of aromatic nitrogens is 1. The van der Waals surface area contributed by atoms with Crippen molar-refractivity contribution in [3.63, 3.8) is 0 Å². The minimum atomic E-state index is -0.270. The van der Waals surface area contributed by atoms with Gasteiger partial charge >= 0.3 is 0 Å². The van der Waals surface area contributed by atoms with Crippen LogP contribution in [-0.4, -0.2) is 17.4 Å². The second-order valence-electron chi connectivity index (χ2n) is 5.58. The molecule has 0 aliphatic carbocycles. The Hall–Kier alpha value is -2.11. The van der Waals surface area contributed by atoms with Crippen LogP contribution in [0.1, 0.15) is 47.3 Å². The molecule has 23 heavy (non-hydrogen) atoms. The van der Waals surface area contributed by atoms with Gasteiger partial charge in [0.2, 0.25) is 5.56 Å². The second-order valence-corrected chi connectivity index (χ2v) is 5.58. The van der Waals surface area contributed by atoms with Crippen molar-refractivity contribution in [2.75, 3.05) is 6.54 Å². The SMILES string of the molecule is CC(C)c1ccc(C(N)CNC(=O)c2ccc(=O)[nH]c2)cc1.Cl. The van der Waals surface area contributed by atoms with Gasteiger partial charge in [-0.05, 0) is 23.1 Å². The Balaban J connectivity index is 0.00000264. The van der Waals surface area contributed by atoms with E-state index < -0.39 is 0 Å². The predicted octanol–water partition coefficient (Wildman–Crippen LogP) is 2.35. The molecular weight excluding hydrogens is 314 g/mol. The molecule has 0 bridgehead atoms. The maximum absolute atomic E-state index is 11.9. The zero-order valence-electron chi connectivity index (χ0n) is 13.2. The predicted molar refractivity (Wildman–Crippen MR) is 94.1 cm³/mol. The average molecular weight is 336 g/mol. The van der Waals surface area contributed by atoms with Gasteiger partial charge in [-0.1, -0.05) is 38.1 Å². The number of amides is 1. The van der Waals surface area contributed by atoms with E-state index >= 15 is 0 Å². The summed E-state index contributed by atoms with van der Waals surface area (Å²) in [6, 6.07) is 10.6. The number of aromatic amines is 1. The molecule has 0 spiro atoms. The Morgan fingerprint density at radius 3 is 2.26 bits per heavy atom. The maximum atomic E-state index is 11.9. The smallest absolute Gasteiger partial charge is 0.252 e. The van der Waals surface area contributed by atoms with Crippen LogP contribution in [-0.2, 0) is 0 Å². The highest BCUT2D eigenvalue weighted by atomic mass is 35.5. The number of rotatable bonds is 5. The van der Waals surface area contributed by atoms with Crippen LogP contribution in [0.25, 0.3) is 0 Å². The van der Waals surface area contributed by atoms with Crippen molar-refractivity contribution in [2.45, 2.75) is 25.8 Å². The molecule has 1 aromatic carbocycles. The summed E-state index contributed by atoms with van der Waals surface area (Å²) in [5.74, 6) is 0.218. The highest BCUT2D eigenvalue weighted by Crippen LogP contribution is 2.17. The van der Waals surface area contributed by atoms with Gasteiger partial charge in [-0.15, -0.1) is 12.4 Å². The van der Waals surface area contributed by atoms with Crippen molar-refractivity contribution in [2.24, 2.45) is 5.73 Å². The summed E-state index contributed by atoms with van der Waals surface area (Å²) >= 11 is 0. The summed E-state index contributed by atoms with van der Waals surface area (Å²) < 4.78 is 0. The Kier molecular flexibility index (Phi) is 7.00. The van der Waals surface area contributed by atoms with Crippen molar-refractivity contribution in [3.8, 4) is 0 Å². The van der Waals surface area contributed by atoms with Gasteiger partial charge in [-0.3, -0.25) is 9.59 Å². The summed E-state index contributed by atoms with van der Waals surface area (Å²) in [5, 5.41) is 2.77. The van der Waals surface area contributed by atoms with E-state index in [9.17, 15) is 9.59 Å². The van der Waals surface area contributed by atoms with E-state index in [0.717, 1.165) is 5.56 Å². The molecule has 0 fully saturated rings. The number of H-pyrrole nitrogens is 1. The lowest BCUT2D eigenvalue weighted by Crippen LogP contribution is -2.32. The zero-order chi connectivity index (χ0) is 16.1. The molecular formula is C17H22ClN3O2. The first-order valence-electron chi connectivity index (χ1n) is 7.29. The van der Waals surface area contributed by atoms with Gasteiger partial charge in [0.05, 0.1) is 5.56 Å². The van der Waals surface area contributed by atoms with Crippen LogP contribution in [0.15, 0.2) is 47.4 Å². The molecule has 6 heteroatoms. The van der Waals surface area contributed by atoms with Crippen LogP contribution in [0.5, 0.6) is 0 Å². The molecule has 2 aromatic rings. The molecule has 1 amide bonds. The fourth-order valence-corrected chi connectivity index (χ4v) is 2.10. The number of carbonyl (C=O) groups excluding carboxylic acids is 1. The molecule has 2 rings (SSSR count). The number of benzene rings is 1. The van der Waals surface area contributed by atoms with Crippen molar-refractivity contribution in [1.29, 1.82) is 0 Å². The molecule has 124 valence electrons. The third-order valence-corrected chi connectivity index (χ3v) is 3.56. The topological polar surface area (TPSA) is 88.0 Å². The molecule has 1 unspecified atom stereocenters. The molecule has 0 aliphatic heterocycles. The third kappa shape index (κ3) is 5.23. The molecule has 5 nitrogen and oxygen atoms in total. The van der Waals surface area contributed by atoms with Crippen LogP contribution in [0.3, 0.4) is 0 Å². The van der Waals surface area contributed by atoms with Gasteiger partial charge in [0, 0.05) is 24.8 Å². The maximum Gasteiger partial charge on any atom is 0.252 e. The lowest BCUT2D eigenvalue weighted by atomic mass is 9.99. The van der Waals surface area contributed by atoms with E-state index in [0.29, 0.717) is 18.0 Å². The standard InChI is InChI=1S/C17H21N3O2.ClH/c1-11(2)12-3-5-13(6-4-12)15(18)10-20-17(22)14-7-8-16(21)19-9-14;/h3-9,11,15H,10,18H2,1-2H3,(H,19,21)(H,20,22);1H. The lowest BCUT2D eigenvalue weighted by Gasteiger charge is -2.14. The highest BCUT2D eigenvalue weighted by Gasteiger charge is 2.10. The second kappa shape index (κ2) is 8.50. The van der Waals surface area contributed by atoms with Crippen molar-refractivity contribution < 1.29 is 4.79 Å². The number of nitrogens with two attached hydrogens (primary N) is 1. The first-order valence-corrected chi connectivity index (χ1v) is 7.29. The molecule has 4 N–H and O–H groups in total. The van der Waals surface area contributed by atoms with Crippen molar-refractivity contribution >= 4 is 18.3 Å². The van der Waals surface area contributed by atoms with Gasteiger partial charge in [-0.25, -0.2) is 0 Å². The van der Waals surface area contributed by atoms with Crippen LogP contribution in [0.4, 0.5) is 0 Å². The van der Waals surface area contributed by atoms with Gasteiger partial charge in [-0.2, -0.15) is 0 Å². The largest absolute Gasteiger partial charge is 0.350 e. The number of hydrogen-bond donors (Lipinski definition) is 3. The van der Waals surface area contributed by atoms with Crippen LogP contribution in [0, 0.1) is 0 Å². The lowest BCUT2D eigenvalue weighted by molar-refractivity contribution is 0.0951. The van der Waals surface area contributed by atoms with E-state index in [2.05, 4.69) is 36.3 Å². The minimum Gasteiger partial charge on any atom is -0.350 e. The first kappa shape index (κ1) is 18.9. The van der Waals surface area contributed by atoms with Crippen LogP contribution in [0.2, 0.25) is 0 Å². The fourth-order valence-electron chi connectivity index (χ4n) is 2.10. The summed E-state index contributed by atoms with van der Waals surface area (Å²) in [4.78, 5) is 25.4. The molecule has 0 saturated heterocycles. The molecule has 0 radical (unpaired) electrons. The van der Waals surface area contributed by atoms with Crippen molar-refractivity contribution in [3.05, 3.63) is 69.6 Å². The van der Waals surface area contributed by atoms with Crippen LogP contribution < -0.4 is 16.6 Å². The quantitative estimate of drug-likeness (QED) is 0.783. The molecule has 1 atom stereocenters. The van der Waals surface area contributed by atoms with Gasteiger partial charge in [0.25, 0.3) is 5.91 Å². The number of halogens is 1. The average Bonchev–Trinajstić information content (AvgIpc) is 2.53. The van der Waals surface area contributed by atoms with E-state index in [1.165, 1.54) is 23.9 Å². The first-order chi connectivity index (χ1) is 10.5. The number of carbonyl (C=O) groups is 1. The monoisotopic (exact) mass is 335 g/mol. The number of nitrogens with one attached hydrogen (secondary N) is 2. The Labute approximate surface area is 141 Å². The molecule has 1 heterocycles. The summed E-state index contributed by atoms with van der Waals surface area (Å²) in [7, 11) is 0. The summed E-state index contributed by atoms with van der Waals surface area (Å²) in [6.07, 6.45) is 1.39. The van der Waals surface area contributed by atoms with E-state index in [1.807, 2.05) is 12.1 Å². The summed E-state index contributed by atoms with van der Waals surface area (Å²) in [6.45, 7) is 4.61. The Morgan fingerprint density at radius 2 is 1.74 bits per heavy atom. The van der Waals surface area contributed by atoms with E-state index in [1.54, 1.807) is 0 Å². The molecule has 0 aliphatic rings. The van der Waals surface area contributed by atoms with E-state index in [-0.39, 0.29) is 29.9 Å². The molecule has 1 aromatic heterocycles. The Bertz CT molecular complexity index is 675. The van der Waals surface area contributed by atoms with Gasteiger partial charge in [0.15, 0.2) is 0 Å². The minimum absolute atomic E-state index is 0. The zero-order valence-corrected chi connectivity index (χ0v) is 14.0. The van der Waals surface area contributed by atoms with Crippen molar-refractivity contribution in [1.82, 2.24) is 10.3 Å². The highest BCUT2D eigenvalue weighted by molar-refractivity contribution is 5.93. The normalized spacial score (nSPS) is 11.7.